The highest BCUT2D eigenvalue weighted by Crippen LogP contribution is 2.15. The van der Waals surface area contributed by atoms with Crippen molar-refractivity contribution in [3.05, 3.63) is 89.7 Å². The summed E-state index contributed by atoms with van der Waals surface area (Å²) in [6, 6.07) is 18.6. The van der Waals surface area contributed by atoms with E-state index in [9.17, 15) is 9.59 Å². The van der Waals surface area contributed by atoms with Crippen LogP contribution in [0.3, 0.4) is 0 Å². The van der Waals surface area contributed by atoms with Crippen molar-refractivity contribution < 1.29 is 14.3 Å². The number of benzene rings is 2. The van der Waals surface area contributed by atoms with Crippen molar-refractivity contribution in [2.24, 2.45) is 0 Å². The first-order chi connectivity index (χ1) is 14.1. The maximum Gasteiger partial charge on any atom is 0.259 e. The number of aromatic nitrogens is 1. The molecule has 148 valence electrons. The fourth-order valence-electron chi connectivity index (χ4n) is 2.89. The van der Waals surface area contributed by atoms with E-state index >= 15 is 0 Å². The van der Waals surface area contributed by atoms with Gasteiger partial charge < -0.3 is 15.0 Å². The van der Waals surface area contributed by atoms with E-state index in [1.165, 1.54) is 17.3 Å². The highest BCUT2D eigenvalue weighted by molar-refractivity contribution is 6.07. The number of pyridine rings is 1. The first-order valence-corrected chi connectivity index (χ1v) is 9.28. The summed E-state index contributed by atoms with van der Waals surface area (Å²) in [7, 11) is 3.32. The lowest BCUT2D eigenvalue weighted by Crippen LogP contribution is -2.28. The van der Waals surface area contributed by atoms with Gasteiger partial charge in [-0.15, -0.1) is 0 Å². The molecule has 0 bridgehead atoms. The summed E-state index contributed by atoms with van der Waals surface area (Å²) < 4.78 is 5.21. The lowest BCUT2D eigenvalue weighted by molar-refractivity contribution is 0.0953. The van der Waals surface area contributed by atoms with E-state index in [0.717, 1.165) is 17.0 Å². The zero-order valence-electron chi connectivity index (χ0n) is 16.5. The van der Waals surface area contributed by atoms with E-state index in [0.29, 0.717) is 24.1 Å². The van der Waals surface area contributed by atoms with Crippen LogP contribution in [-0.2, 0) is 6.42 Å². The second-order valence-corrected chi connectivity index (χ2v) is 6.52. The van der Waals surface area contributed by atoms with Gasteiger partial charge in [-0.25, -0.2) is 0 Å². The molecule has 0 saturated heterocycles. The molecule has 0 radical (unpaired) electrons. The lowest BCUT2D eigenvalue weighted by atomic mass is 10.1. The van der Waals surface area contributed by atoms with Crippen LogP contribution in [0.25, 0.3) is 0 Å². The van der Waals surface area contributed by atoms with Gasteiger partial charge in [0.2, 0.25) is 0 Å². The zero-order chi connectivity index (χ0) is 20.6. The van der Waals surface area contributed by atoms with E-state index in [2.05, 4.69) is 10.3 Å². The summed E-state index contributed by atoms with van der Waals surface area (Å²) in [6.45, 7) is 0.466. The minimum absolute atomic E-state index is 0.227. The fourth-order valence-corrected chi connectivity index (χ4v) is 2.89. The Balaban J connectivity index is 1.62. The smallest absolute Gasteiger partial charge is 0.259 e. The average Bonchev–Trinajstić information content (AvgIpc) is 2.78. The van der Waals surface area contributed by atoms with Gasteiger partial charge >= 0.3 is 0 Å². The highest BCUT2D eigenvalue weighted by atomic mass is 16.5. The molecule has 1 aromatic heterocycles. The van der Waals surface area contributed by atoms with E-state index in [1.807, 2.05) is 54.6 Å². The molecular formula is C23H23N3O3. The van der Waals surface area contributed by atoms with Gasteiger partial charge in [-0.1, -0.05) is 30.3 Å². The largest absolute Gasteiger partial charge is 0.497 e. The quantitative estimate of drug-likeness (QED) is 0.673. The van der Waals surface area contributed by atoms with E-state index in [4.69, 9.17) is 4.74 Å². The molecule has 0 saturated carbocycles. The Morgan fingerprint density at radius 2 is 1.76 bits per heavy atom. The number of nitrogens with zero attached hydrogens (tertiary/aromatic N) is 2. The third kappa shape index (κ3) is 5.19. The van der Waals surface area contributed by atoms with Crippen molar-refractivity contribution in [2.45, 2.75) is 6.42 Å². The van der Waals surface area contributed by atoms with Gasteiger partial charge in [0, 0.05) is 31.7 Å². The molecule has 0 fully saturated rings. The SMILES string of the molecule is COc1cccc(CCNC(=O)c2cncc(C(=O)N(C)c3ccccc3)c2)c1. The highest BCUT2D eigenvalue weighted by Gasteiger charge is 2.16. The van der Waals surface area contributed by atoms with Crippen LogP contribution in [-0.4, -0.2) is 37.5 Å². The summed E-state index contributed by atoms with van der Waals surface area (Å²) in [5.41, 5.74) is 2.54. The predicted octanol–water partition coefficient (Wildman–Crippen LogP) is 3.34. The van der Waals surface area contributed by atoms with Gasteiger partial charge in [-0.2, -0.15) is 0 Å². The van der Waals surface area contributed by atoms with Gasteiger partial charge in [-0.3, -0.25) is 14.6 Å². The van der Waals surface area contributed by atoms with Crippen LogP contribution in [0.5, 0.6) is 5.75 Å². The van der Waals surface area contributed by atoms with Gasteiger partial charge in [-0.05, 0) is 42.3 Å². The third-order valence-corrected chi connectivity index (χ3v) is 4.53. The molecule has 0 unspecified atom stereocenters. The van der Waals surface area contributed by atoms with Crippen LogP contribution in [0.4, 0.5) is 5.69 Å². The molecule has 6 nitrogen and oxygen atoms in total. The molecule has 0 spiro atoms. The molecule has 1 N–H and O–H groups in total. The number of methoxy groups -OCH3 is 1. The van der Waals surface area contributed by atoms with Crippen LogP contribution >= 0.6 is 0 Å². The Hall–Kier alpha value is -3.67. The van der Waals surface area contributed by atoms with Crippen molar-refractivity contribution in [3.8, 4) is 5.75 Å². The third-order valence-electron chi connectivity index (χ3n) is 4.53. The van der Waals surface area contributed by atoms with E-state index in [-0.39, 0.29) is 11.8 Å². The number of ether oxygens (including phenoxy) is 1. The maximum absolute atomic E-state index is 12.7. The number of hydrogen-bond acceptors (Lipinski definition) is 4. The van der Waals surface area contributed by atoms with Crippen molar-refractivity contribution in [1.29, 1.82) is 0 Å². The first kappa shape index (κ1) is 20.1. The molecule has 2 aromatic carbocycles. The molecule has 0 aliphatic rings. The van der Waals surface area contributed by atoms with Crippen LogP contribution in [0.15, 0.2) is 73.1 Å². The molecule has 1 heterocycles. The monoisotopic (exact) mass is 389 g/mol. The van der Waals surface area contributed by atoms with Crippen LogP contribution < -0.4 is 15.0 Å². The zero-order valence-corrected chi connectivity index (χ0v) is 16.5. The van der Waals surface area contributed by atoms with Crippen molar-refractivity contribution >= 4 is 17.5 Å². The summed E-state index contributed by atoms with van der Waals surface area (Å²) in [4.78, 5) is 30.8. The Bertz CT molecular complexity index is 989. The van der Waals surface area contributed by atoms with Gasteiger partial charge in [0.25, 0.3) is 11.8 Å². The molecule has 0 aliphatic heterocycles. The van der Waals surface area contributed by atoms with Crippen molar-refractivity contribution in [2.75, 3.05) is 25.6 Å². The molecule has 3 rings (SSSR count). The van der Waals surface area contributed by atoms with E-state index < -0.39 is 0 Å². The summed E-state index contributed by atoms with van der Waals surface area (Å²) >= 11 is 0. The summed E-state index contributed by atoms with van der Waals surface area (Å²) in [5, 5.41) is 2.87. The number of rotatable bonds is 7. The normalized spacial score (nSPS) is 10.3. The number of amides is 2. The summed E-state index contributed by atoms with van der Waals surface area (Å²) in [6.07, 6.45) is 3.60. The molecule has 2 amide bonds. The molecule has 3 aromatic rings. The lowest BCUT2D eigenvalue weighted by Gasteiger charge is -2.17. The van der Waals surface area contributed by atoms with Crippen molar-refractivity contribution in [1.82, 2.24) is 10.3 Å². The molecular weight excluding hydrogens is 366 g/mol. The second-order valence-electron chi connectivity index (χ2n) is 6.52. The average molecular weight is 389 g/mol. The fraction of sp³-hybridized carbons (Fsp3) is 0.174. The number of nitrogens with one attached hydrogen (secondary N) is 1. The van der Waals surface area contributed by atoms with Crippen LogP contribution in [0.2, 0.25) is 0 Å². The topological polar surface area (TPSA) is 71.5 Å². The van der Waals surface area contributed by atoms with E-state index in [1.54, 1.807) is 20.2 Å². The van der Waals surface area contributed by atoms with Crippen molar-refractivity contribution in [3.63, 3.8) is 0 Å². The van der Waals surface area contributed by atoms with Crippen LogP contribution in [0.1, 0.15) is 26.3 Å². The number of carbonyl (C=O) groups is 2. The number of carbonyl (C=O) groups excluding carboxylic acids is 2. The standard InChI is InChI=1S/C23H23N3O3/c1-26(20-8-4-3-5-9-20)23(28)19-14-18(15-24-16-19)22(27)25-12-11-17-7-6-10-21(13-17)29-2/h3-10,13-16H,11-12H2,1-2H3,(H,25,27). The van der Waals surface area contributed by atoms with Crippen LogP contribution in [0, 0.1) is 0 Å². The Morgan fingerprint density at radius 1 is 1.00 bits per heavy atom. The number of hydrogen-bond donors (Lipinski definition) is 1. The summed E-state index contributed by atoms with van der Waals surface area (Å²) in [5.74, 6) is 0.291. The maximum atomic E-state index is 12.7. The van der Waals surface area contributed by atoms with Gasteiger partial charge in [0.1, 0.15) is 5.75 Å². The molecule has 0 aliphatic carbocycles. The second kappa shape index (κ2) is 9.50. The Morgan fingerprint density at radius 3 is 2.52 bits per heavy atom. The minimum atomic E-state index is -0.266. The minimum Gasteiger partial charge on any atom is -0.497 e. The van der Waals surface area contributed by atoms with Gasteiger partial charge in [0.05, 0.1) is 18.2 Å². The number of anilines is 1. The first-order valence-electron chi connectivity index (χ1n) is 9.28. The molecule has 29 heavy (non-hydrogen) atoms. The Kier molecular flexibility index (Phi) is 6.58. The van der Waals surface area contributed by atoms with Gasteiger partial charge in [0.15, 0.2) is 0 Å². The Labute approximate surface area is 170 Å². The number of para-hydroxylation sites is 1. The predicted molar refractivity (Wildman–Crippen MR) is 112 cm³/mol. The molecule has 0 atom stereocenters. The molecule has 6 heteroatoms.